The molecule has 1 fully saturated rings. The lowest BCUT2D eigenvalue weighted by molar-refractivity contribution is 0.407. The molecule has 0 saturated heterocycles. The number of halogens is 1. The summed E-state index contributed by atoms with van der Waals surface area (Å²) in [5.41, 5.74) is 0.848. The molecule has 4 nitrogen and oxygen atoms in total. The fraction of sp³-hybridized carbons (Fsp3) is 0.333. The first-order chi connectivity index (χ1) is 9.69. The van der Waals surface area contributed by atoms with Gasteiger partial charge in [0.2, 0.25) is 0 Å². The van der Waals surface area contributed by atoms with Gasteiger partial charge in [-0.05, 0) is 18.9 Å². The first-order valence-electron chi connectivity index (χ1n) is 6.58. The minimum absolute atomic E-state index is 0.113. The van der Waals surface area contributed by atoms with E-state index in [0.29, 0.717) is 12.5 Å². The van der Waals surface area contributed by atoms with Crippen LogP contribution in [-0.2, 0) is 6.54 Å². The van der Waals surface area contributed by atoms with Crippen molar-refractivity contribution in [1.29, 1.82) is 0 Å². The molecule has 0 aliphatic heterocycles. The lowest BCUT2D eigenvalue weighted by Gasteiger charge is -2.13. The van der Waals surface area contributed by atoms with Crippen molar-refractivity contribution < 1.29 is 4.74 Å². The van der Waals surface area contributed by atoms with Crippen molar-refractivity contribution in [3.05, 3.63) is 57.2 Å². The lowest BCUT2D eigenvalue weighted by Crippen LogP contribution is -2.25. The number of hydrogen-bond donors (Lipinski definition) is 0. The Balaban J connectivity index is 2.04. The van der Waals surface area contributed by atoms with Crippen LogP contribution in [0.1, 0.15) is 30.1 Å². The normalized spacial score (nSPS) is 14.3. The molecule has 1 heterocycles. The second-order valence-corrected chi connectivity index (χ2v) is 5.33. The summed E-state index contributed by atoms with van der Waals surface area (Å²) in [5.74, 6) is 1.92. The summed E-state index contributed by atoms with van der Waals surface area (Å²) in [5, 5.41) is 0.271. The second kappa shape index (κ2) is 5.29. The average molecular weight is 291 g/mol. The summed E-state index contributed by atoms with van der Waals surface area (Å²) in [6.45, 7) is 0.457. The van der Waals surface area contributed by atoms with Crippen LogP contribution in [-0.4, -0.2) is 16.7 Å². The summed E-state index contributed by atoms with van der Waals surface area (Å²) in [7, 11) is 1.63. The molecule has 20 heavy (non-hydrogen) atoms. The molecule has 3 rings (SSSR count). The summed E-state index contributed by atoms with van der Waals surface area (Å²) in [4.78, 5) is 16.5. The Hall–Kier alpha value is -1.81. The third-order valence-corrected chi connectivity index (χ3v) is 3.66. The Labute approximate surface area is 122 Å². The predicted octanol–water partition coefficient (Wildman–Crippen LogP) is 2.83. The zero-order valence-corrected chi connectivity index (χ0v) is 11.9. The van der Waals surface area contributed by atoms with E-state index in [1.54, 1.807) is 11.7 Å². The van der Waals surface area contributed by atoms with Crippen LogP contribution in [0.3, 0.4) is 0 Å². The number of hydrogen-bond acceptors (Lipinski definition) is 3. The molecule has 0 N–H and O–H groups in total. The molecule has 1 aromatic carbocycles. The predicted molar refractivity (Wildman–Crippen MR) is 77.6 cm³/mol. The maximum Gasteiger partial charge on any atom is 0.255 e. The van der Waals surface area contributed by atoms with E-state index >= 15 is 0 Å². The molecule has 1 saturated carbocycles. The highest BCUT2D eigenvalue weighted by molar-refractivity contribution is 6.29. The van der Waals surface area contributed by atoms with Crippen molar-refractivity contribution >= 4 is 11.6 Å². The molecule has 0 amide bonds. The quantitative estimate of drug-likeness (QED) is 0.813. The van der Waals surface area contributed by atoms with Gasteiger partial charge in [0, 0.05) is 17.5 Å². The summed E-state index contributed by atoms with van der Waals surface area (Å²) < 4.78 is 7.03. The molecule has 0 atom stereocenters. The molecule has 1 aliphatic rings. The number of aromatic nitrogens is 2. The van der Waals surface area contributed by atoms with Crippen LogP contribution in [0.15, 0.2) is 35.1 Å². The van der Waals surface area contributed by atoms with Crippen LogP contribution in [0.5, 0.6) is 5.75 Å². The summed E-state index contributed by atoms with van der Waals surface area (Å²) in [6.07, 6.45) is 2.14. The van der Waals surface area contributed by atoms with E-state index in [2.05, 4.69) is 4.98 Å². The van der Waals surface area contributed by atoms with Crippen LogP contribution < -0.4 is 10.3 Å². The van der Waals surface area contributed by atoms with E-state index in [0.717, 1.165) is 30.0 Å². The van der Waals surface area contributed by atoms with Gasteiger partial charge in [-0.1, -0.05) is 29.8 Å². The second-order valence-electron chi connectivity index (χ2n) is 4.95. The molecule has 0 bridgehead atoms. The molecule has 1 aliphatic carbocycles. The number of methoxy groups -OCH3 is 1. The van der Waals surface area contributed by atoms with E-state index in [-0.39, 0.29) is 10.7 Å². The molecule has 2 aromatic rings. The fourth-order valence-electron chi connectivity index (χ4n) is 2.31. The number of rotatable bonds is 4. The lowest BCUT2D eigenvalue weighted by atomic mass is 10.2. The summed E-state index contributed by atoms with van der Waals surface area (Å²) in [6, 6.07) is 9.05. The van der Waals surface area contributed by atoms with Gasteiger partial charge in [-0.25, -0.2) is 4.98 Å². The van der Waals surface area contributed by atoms with Gasteiger partial charge >= 0.3 is 0 Å². The highest BCUT2D eigenvalue weighted by Crippen LogP contribution is 2.39. The van der Waals surface area contributed by atoms with Gasteiger partial charge in [-0.15, -0.1) is 0 Å². The Morgan fingerprint density at radius 1 is 1.40 bits per heavy atom. The molecular formula is C15H15ClN2O2. The Morgan fingerprint density at radius 3 is 2.85 bits per heavy atom. The molecule has 5 heteroatoms. The molecule has 0 unspecified atom stereocenters. The minimum Gasteiger partial charge on any atom is -0.496 e. The van der Waals surface area contributed by atoms with E-state index in [1.807, 2.05) is 24.3 Å². The molecule has 1 aromatic heterocycles. The van der Waals surface area contributed by atoms with Gasteiger partial charge in [-0.2, -0.15) is 0 Å². The van der Waals surface area contributed by atoms with Crippen molar-refractivity contribution in [3.8, 4) is 5.75 Å². The van der Waals surface area contributed by atoms with Crippen molar-refractivity contribution in [1.82, 2.24) is 9.55 Å². The van der Waals surface area contributed by atoms with E-state index < -0.39 is 0 Å². The van der Waals surface area contributed by atoms with Crippen molar-refractivity contribution in [2.45, 2.75) is 25.3 Å². The third kappa shape index (κ3) is 2.56. The highest BCUT2D eigenvalue weighted by Gasteiger charge is 2.29. The van der Waals surface area contributed by atoms with Gasteiger partial charge < -0.3 is 4.74 Å². The minimum atomic E-state index is -0.113. The van der Waals surface area contributed by atoms with Crippen LogP contribution in [0.2, 0.25) is 5.15 Å². The number of para-hydroxylation sites is 1. The van der Waals surface area contributed by atoms with Crippen molar-refractivity contribution in [2.24, 2.45) is 0 Å². The number of nitrogens with zero attached hydrogens (tertiary/aromatic N) is 2. The fourth-order valence-corrected chi connectivity index (χ4v) is 2.49. The molecular weight excluding hydrogens is 276 g/mol. The van der Waals surface area contributed by atoms with Gasteiger partial charge in [0.05, 0.1) is 13.7 Å². The van der Waals surface area contributed by atoms with Crippen molar-refractivity contribution in [3.63, 3.8) is 0 Å². The van der Waals surface area contributed by atoms with Crippen LogP contribution in [0, 0.1) is 0 Å². The zero-order chi connectivity index (χ0) is 14.1. The Bertz CT molecular complexity index is 693. The zero-order valence-electron chi connectivity index (χ0n) is 11.2. The van der Waals surface area contributed by atoms with Crippen LogP contribution in [0.25, 0.3) is 0 Å². The standard InChI is InChI=1S/C15H15ClN2O2/c1-20-12-5-3-2-4-11(12)9-18-14(19)8-13(16)17-15(18)10-6-7-10/h2-5,8,10H,6-7,9H2,1H3. The first-order valence-corrected chi connectivity index (χ1v) is 6.96. The van der Waals surface area contributed by atoms with Gasteiger partial charge in [-0.3, -0.25) is 9.36 Å². The van der Waals surface area contributed by atoms with Crippen molar-refractivity contribution in [2.75, 3.05) is 7.11 Å². The largest absolute Gasteiger partial charge is 0.496 e. The maximum absolute atomic E-state index is 12.2. The van der Waals surface area contributed by atoms with Gasteiger partial charge in [0.25, 0.3) is 5.56 Å². The summed E-state index contributed by atoms with van der Waals surface area (Å²) >= 11 is 5.91. The molecule has 104 valence electrons. The monoisotopic (exact) mass is 290 g/mol. The maximum atomic E-state index is 12.2. The molecule has 0 spiro atoms. The van der Waals surface area contributed by atoms with Crippen LogP contribution >= 0.6 is 11.6 Å². The smallest absolute Gasteiger partial charge is 0.255 e. The highest BCUT2D eigenvalue weighted by atomic mass is 35.5. The number of benzene rings is 1. The van der Waals surface area contributed by atoms with Gasteiger partial charge in [0.1, 0.15) is 16.7 Å². The third-order valence-electron chi connectivity index (χ3n) is 3.47. The van der Waals surface area contributed by atoms with E-state index in [1.165, 1.54) is 6.07 Å². The topological polar surface area (TPSA) is 44.1 Å². The van der Waals surface area contributed by atoms with Crippen LogP contribution in [0.4, 0.5) is 0 Å². The van der Waals surface area contributed by atoms with E-state index in [4.69, 9.17) is 16.3 Å². The van der Waals surface area contributed by atoms with E-state index in [9.17, 15) is 4.79 Å². The average Bonchev–Trinajstić information content (AvgIpc) is 3.26. The number of ether oxygens (including phenoxy) is 1. The van der Waals surface area contributed by atoms with Gasteiger partial charge in [0.15, 0.2) is 0 Å². The first kappa shape index (κ1) is 13.2. The Morgan fingerprint density at radius 2 is 2.15 bits per heavy atom. The Kier molecular flexibility index (Phi) is 3.49. The molecule has 0 radical (unpaired) electrons. The SMILES string of the molecule is COc1ccccc1Cn1c(C2CC2)nc(Cl)cc1=O.